The second-order valence-electron chi connectivity index (χ2n) is 9.29. The van der Waals surface area contributed by atoms with Gasteiger partial charge in [-0.25, -0.2) is 9.59 Å². The van der Waals surface area contributed by atoms with Crippen molar-refractivity contribution < 1.29 is 19.1 Å². The molecule has 0 radical (unpaired) electrons. The zero-order chi connectivity index (χ0) is 21.9. The Kier molecular flexibility index (Phi) is 10.7. The van der Waals surface area contributed by atoms with Crippen molar-refractivity contribution in [3.63, 3.8) is 0 Å². The molecule has 170 valence electrons. The van der Waals surface area contributed by atoms with Gasteiger partial charge in [0.2, 0.25) is 0 Å². The van der Waals surface area contributed by atoms with E-state index in [1.165, 1.54) is 0 Å². The lowest BCUT2D eigenvalue weighted by atomic mass is 10.2. The summed E-state index contributed by atoms with van der Waals surface area (Å²) in [6.45, 7) is 19.7. The molecule has 3 N–H and O–H groups in total. The molecule has 0 spiro atoms. The number of carbonyl (C=O) groups excluding carboxylic acids is 2. The van der Waals surface area contributed by atoms with E-state index in [0.717, 1.165) is 52.4 Å². The fourth-order valence-electron chi connectivity index (χ4n) is 2.80. The van der Waals surface area contributed by atoms with Gasteiger partial charge in [0.25, 0.3) is 0 Å². The molecule has 0 bridgehead atoms. The van der Waals surface area contributed by atoms with Gasteiger partial charge in [-0.1, -0.05) is 0 Å². The van der Waals surface area contributed by atoms with Gasteiger partial charge in [0.1, 0.15) is 11.2 Å². The Morgan fingerprint density at radius 3 is 1.55 bits per heavy atom. The van der Waals surface area contributed by atoms with Crippen LogP contribution in [-0.2, 0) is 9.47 Å². The molecule has 0 aromatic heterocycles. The van der Waals surface area contributed by atoms with E-state index in [1.807, 2.05) is 41.5 Å². The summed E-state index contributed by atoms with van der Waals surface area (Å²) in [5, 5.41) is 8.89. The van der Waals surface area contributed by atoms with E-state index < -0.39 is 11.2 Å². The Hall–Kier alpha value is -1.58. The summed E-state index contributed by atoms with van der Waals surface area (Å²) in [7, 11) is 0. The highest BCUT2D eigenvalue weighted by Crippen LogP contribution is 2.07. The summed E-state index contributed by atoms with van der Waals surface area (Å²) >= 11 is 0. The number of rotatable bonds is 9. The molecule has 0 atom stereocenters. The van der Waals surface area contributed by atoms with Gasteiger partial charge >= 0.3 is 12.2 Å². The smallest absolute Gasteiger partial charge is 0.407 e. The molecule has 0 saturated carbocycles. The van der Waals surface area contributed by atoms with Crippen LogP contribution in [0.1, 0.15) is 41.5 Å². The van der Waals surface area contributed by atoms with E-state index >= 15 is 0 Å². The van der Waals surface area contributed by atoms with Crippen molar-refractivity contribution in [2.45, 2.75) is 52.7 Å². The predicted octanol–water partition coefficient (Wildman–Crippen LogP) is 1.24. The van der Waals surface area contributed by atoms with Crippen LogP contribution in [0.25, 0.3) is 0 Å². The monoisotopic (exact) mass is 415 g/mol. The number of alkyl carbamates (subject to hydrolysis) is 2. The number of amides is 2. The number of piperazine rings is 1. The number of nitrogens with one attached hydrogen (secondary N) is 3. The molecule has 1 aliphatic rings. The number of nitrogens with zero attached hydrogens (tertiary/aromatic N) is 2. The summed E-state index contributed by atoms with van der Waals surface area (Å²) in [6, 6.07) is 0. The summed E-state index contributed by atoms with van der Waals surface area (Å²) in [5.74, 6) is 0. The van der Waals surface area contributed by atoms with Crippen molar-refractivity contribution in [3.8, 4) is 0 Å². The van der Waals surface area contributed by atoms with Crippen molar-refractivity contribution in [1.82, 2.24) is 25.8 Å². The summed E-state index contributed by atoms with van der Waals surface area (Å²) in [4.78, 5) is 28.0. The van der Waals surface area contributed by atoms with Crippen LogP contribution in [0.2, 0.25) is 0 Å². The third-order valence-corrected chi connectivity index (χ3v) is 4.14. The molecule has 1 heterocycles. The molecule has 9 nitrogen and oxygen atoms in total. The van der Waals surface area contributed by atoms with Crippen LogP contribution in [0.4, 0.5) is 9.59 Å². The van der Waals surface area contributed by atoms with E-state index in [9.17, 15) is 9.59 Å². The lowest BCUT2D eigenvalue weighted by molar-refractivity contribution is 0.0510. The molecular formula is C20H41N5O4. The first-order chi connectivity index (χ1) is 13.4. The SMILES string of the molecule is CC(C)(C)OC(=O)NCCNCCN1CCN(CCNC(=O)OC(C)(C)C)CC1. The van der Waals surface area contributed by atoms with Crippen LogP contribution in [0, 0.1) is 0 Å². The minimum atomic E-state index is -0.467. The van der Waals surface area contributed by atoms with Gasteiger partial charge in [-0.15, -0.1) is 0 Å². The Morgan fingerprint density at radius 2 is 1.10 bits per heavy atom. The fraction of sp³-hybridized carbons (Fsp3) is 0.900. The molecule has 1 saturated heterocycles. The van der Waals surface area contributed by atoms with Crippen LogP contribution in [0.15, 0.2) is 0 Å². The Morgan fingerprint density at radius 1 is 0.690 bits per heavy atom. The number of carbonyl (C=O) groups is 2. The first-order valence-electron chi connectivity index (χ1n) is 10.5. The van der Waals surface area contributed by atoms with Crippen molar-refractivity contribution in [3.05, 3.63) is 0 Å². The van der Waals surface area contributed by atoms with E-state index in [0.29, 0.717) is 13.1 Å². The summed E-state index contributed by atoms with van der Waals surface area (Å²) in [5.41, 5.74) is -0.930. The van der Waals surface area contributed by atoms with Gasteiger partial charge in [-0.2, -0.15) is 0 Å². The van der Waals surface area contributed by atoms with Crippen LogP contribution < -0.4 is 16.0 Å². The molecule has 29 heavy (non-hydrogen) atoms. The van der Waals surface area contributed by atoms with Crippen LogP contribution in [0.5, 0.6) is 0 Å². The maximum absolute atomic E-state index is 11.6. The number of ether oxygens (including phenoxy) is 2. The van der Waals surface area contributed by atoms with E-state index in [-0.39, 0.29) is 12.2 Å². The molecule has 0 aromatic carbocycles. The number of hydrogen-bond acceptors (Lipinski definition) is 7. The Labute approximate surface area is 175 Å². The molecule has 0 aromatic rings. The second-order valence-corrected chi connectivity index (χ2v) is 9.29. The number of hydrogen-bond donors (Lipinski definition) is 3. The van der Waals surface area contributed by atoms with Gasteiger partial charge in [0.15, 0.2) is 0 Å². The average Bonchev–Trinajstić information content (AvgIpc) is 2.56. The van der Waals surface area contributed by atoms with Gasteiger partial charge in [0.05, 0.1) is 0 Å². The molecule has 1 rings (SSSR count). The first-order valence-corrected chi connectivity index (χ1v) is 10.5. The van der Waals surface area contributed by atoms with Crippen molar-refractivity contribution in [2.75, 3.05) is 65.4 Å². The first kappa shape index (κ1) is 25.5. The van der Waals surface area contributed by atoms with Gasteiger partial charge in [0, 0.05) is 65.4 Å². The highest BCUT2D eigenvalue weighted by atomic mass is 16.6. The van der Waals surface area contributed by atoms with E-state index in [4.69, 9.17) is 9.47 Å². The summed E-state index contributed by atoms with van der Waals surface area (Å²) in [6.07, 6.45) is -0.736. The van der Waals surface area contributed by atoms with E-state index in [1.54, 1.807) is 0 Å². The minimum absolute atomic E-state index is 0.358. The normalized spacial score (nSPS) is 16.3. The standard InChI is InChI=1S/C20H41N5O4/c1-19(2,3)28-17(26)22-8-7-21-9-11-24-13-15-25(16-14-24)12-10-23-18(27)29-20(4,5)6/h21H,7-16H2,1-6H3,(H,22,26)(H,23,27). The average molecular weight is 416 g/mol. The van der Waals surface area contributed by atoms with Crippen LogP contribution >= 0.6 is 0 Å². The largest absolute Gasteiger partial charge is 0.444 e. The lowest BCUT2D eigenvalue weighted by Gasteiger charge is -2.34. The van der Waals surface area contributed by atoms with Crippen molar-refractivity contribution in [1.29, 1.82) is 0 Å². The molecule has 0 unspecified atom stereocenters. The van der Waals surface area contributed by atoms with Gasteiger partial charge in [-0.3, -0.25) is 9.80 Å². The topological polar surface area (TPSA) is 95.2 Å². The van der Waals surface area contributed by atoms with Crippen LogP contribution in [-0.4, -0.2) is 98.6 Å². The van der Waals surface area contributed by atoms with E-state index in [2.05, 4.69) is 25.8 Å². The third kappa shape index (κ3) is 14.1. The second kappa shape index (κ2) is 12.2. The van der Waals surface area contributed by atoms with Gasteiger partial charge < -0.3 is 25.4 Å². The Bertz CT molecular complexity index is 491. The quantitative estimate of drug-likeness (QED) is 0.488. The summed E-state index contributed by atoms with van der Waals surface area (Å²) < 4.78 is 10.4. The maximum Gasteiger partial charge on any atom is 0.407 e. The molecule has 0 aliphatic carbocycles. The fourth-order valence-corrected chi connectivity index (χ4v) is 2.80. The molecule has 1 fully saturated rings. The zero-order valence-electron chi connectivity index (χ0n) is 19.1. The molecular weight excluding hydrogens is 374 g/mol. The zero-order valence-corrected chi connectivity index (χ0v) is 19.1. The highest BCUT2D eigenvalue weighted by Gasteiger charge is 2.18. The van der Waals surface area contributed by atoms with Crippen LogP contribution in [0.3, 0.4) is 0 Å². The molecule has 2 amide bonds. The van der Waals surface area contributed by atoms with Crippen molar-refractivity contribution in [2.24, 2.45) is 0 Å². The highest BCUT2D eigenvalue weighted by molar-refractivity contribution is 5.67. The lowest BCUT2D eigenvalue weighted by Crippen LogP contribution is -2.50. The molecule has 9 heteroatoms. The minimum Gasteiger partial charge on any atom is -0.444 e. The predicted molar refractivity (Wildman–Crippen MR) is 114 cm³/mol. The molecule has 1 aliphatic heterocycles. The third-order valence-electron chi connectivity index (χ3n) is 4.14. The maximum atomic E-state index is 11.6. The Balaban J connectivity index is 2.00. The van der Waals surface area contributed by atoms with Gasteiger partial charge in [-0.05, 0) is 41.5 Å². The van der Waals surface area contributed by atoms with Crippen molar-refractivity contribution >= 4 is 12.2 Å².